The Morgan fingerprint density at radius 3 is 2.71 bits per heavy atom. The third kappa shape index (κ3) is 4.63. The Kier molecular flexibility index (Phi) is 5.90. The van der Waals surface area contributed by atoms with E-state index >= 15 is 0 Å². The van der Waals surface area contributed by atoms with Crippen LogP contribution in [-0.4, -0.2) is 17.5 Å². The molecule has 0 heterocycles. The van der Waals surface area contributed by atoms with Crippen LogP contribution in [0.15, 0.2) is 11.6 Å². The molecule has 0 saturated carbocycles. The number of ketones is 1. The SMILES string of the molecule is CC1=CC(=O)C([C@H](C)CCCC(C)CO)CC1. The second-order valence-corrected chi connectivity index (χ2v) is 5.73. The first-order valence-electron chi connectivity index (χ1n) is 6.86. The Labute approximate surface area is 105 Å². The largest absolute Gasteiger partial charge is 0.396 e. The third-order valence-corrected chi connectivity index (χ3v) is 3.96. The average molecular weight is 238 g/mol. The molecule has 0 radical (unpaired) electrons. The standard InChI is InChI=1S/C15H26O2/c1-11-7-8-14(15(17)9-11)13(3)6-4-5-12(2)10-16/h9,12-14,16H,4-8,10H2,1-3H3/t12?,13-,14?/m1/s1. The topological polar surface area (TPSA) is 37.3 Å². The molecule has 98 valence electrons. The van der Waals surface area contributed by atoms with Gasteiger partial charge >= 0.3 is 0 Å². The van der Waals surface area contributed by atoms with Crippen molar-refractivity contribution >= 4 is 5.78 Å². The zero-order valence-electron chi connectivity index (χ0n) is 11.4. The molecule has 2 heteroatoms. The molecule has 2 nitrogen and oxygen atoms in total. The Morgan fingerprint density at radius 1 is 1.41 bits per heavy atom. The van der Waals surface area contributed by atoms with Gasteiger partial charge in [0.15, 0.2) is 5.78 Å². The molecule has 0 spiro atoms. The van der Waals surface area contributed by atoms with Crippen LogP contribution < -0.4 is 0 Å². The molecule has 1 aliphatic carbocycles. The van der Waals surface area contributed by atoms with Gasteiger partial charge in [-0.3, -0.25) is 4.79 Å². The van der Waals surface area contributed by atoms with E-state index in [-0.39, 0.29) is 12.5 Å². The van der Waals surface area contributed by atoms with Crippen molar-refractivity contribution in [1.29, 1.82) is 0 Å². The lowest BCUT2D eigenvalue weighted by Crippen LogP contribution is -2.24. The predicted octanol–water partition coefficient (Wildman–Crippen LogP) is 3.35. The van der Waals surface area contributed by atoms with Gasteiger partial charge in [-0.05, 0) is 50.5 Å². The molecule has 0 aliphatic heterocycles. The lowest BCUT2D eigenvalue weighted by atomic mass is 9.78. The maximum Gasteiger partial charge on any atom is 0.158 e. The van der Waals surface area contributed by atoms with Gasteiger partial charge < -0.3 is 5.11 Å². The average Bonchev–Trinajstić information content (AvgIpc) is 2.28. The van der Waals surface area contributed by atoms with Crippen molar-refractivity contribution in [3.63, 3.8) is 0 Å². The van der Waals surface area contributed by atoms with Crippen LogP contribution in [0.25, 0.3) is 0 Å². The lowest BCUT2D eigenvalue weighted by Gasteiger charge is -2.25. The van der Waals surface area contributed by atoms with Crippen molar-refractivity contribution in [3.8, 4) is 0 Å². The lowest BCUT2D eigenvalue weighted by molar-refractivity contribution is -0.120. The molecule has 2 unspecified atom stereocenters. The molecule has 3 atom stereocenters. The predicted molar refractivity (Wildman–Crippen MR) is 70.8 cm³/mol. The molecule has 0 aromatic carbocycles. The first-order valence-corrected chi connectivity index (χ1v) is 6.86. The number of hydrogen-bond donors (Lipinski definition) is 1. The van der Waals surface area contributed by atoms with Gasteiger partial charge in [0.1, 0.15) is 0 Å². The van der Waals surface area contributed by atoms with Gasteiger partial charge in [-0.2, -0.15) is 0 Å². The number of rotatable bonds is 6. The maximum atomic E-state index is 11.9. The van der Waals surface area contributed by atoms with Crippen LogP contribution in [0.3, 0.4) is 0 Å². The fraction of sp³-hybridized carbons (Fsp3) is 0.800. The van der Waals surface area contributed by atoms with Crippen LogP contribution in [0.2, 0.25) is 0 Å². The summed E-state index contributed by atoms with van der Waals surface area (Å²) in [6, 6.07) is 0. The second kappa shape index (κ2) is 6.95. The van der Waals surface area contributed by atoms with Crippen LogP contribution in [0, 0.1) is 17.8 Å². The third-order valence-electron chi connectivity index (χ3n) is 3.96. The van der Waals surface area contributed by atoms with E-state index in [9.17, 15) is 4.79 Å². The minimum atomic E-state index is 0.239. The fourth-order valence-corrected chi connectivity index (χ4v) is 2.59. The number of allylic oxidation sites excluding steroid dienone is 2. The van der Waals surface area contributed by atoms with E-state index in [0.29, 0.717) is 17.6 Å². The van der Waals surface area contributed by atoms with Gasteiger partial charge in [0.05, 0.1) is 0 Å². The summed E-state index contributed by atoms with van der Waals surface area (Å²) < 4.78 is 0. The van der Waals surface area contributed by atoms with Crippen LogP contribution in [0.4, 0.5) is 0 Å². The van der Waals surface area contributed by atoms with E-state index in [2.05, 4.69) is 13.8 Å². The van der Waals surface area contributed by atoms with Gasteiger partial charge in [-0.25, -0.2) is 0 Å². The van der Waals surface area contributed by atoms with Crippen molar-refractivity contribution in [1.82, 2.24) is 0 Å². The van der Waals surface area contributed by atoms with Gasteiger partial charge in [0.25, 0.3) is 0 Å². The van der Waals surface area contributed by atoms with E-state index in [4.69, 9.17) is 5.11 Å². The number of hydrogen-bond acceptors (Lipinski definition) is 2. The van der Waals surface area contributed by atoms with E-state index in [1.54, 1.807) is 0 Å². The number of aliphatic hydroxyl groups excluding tert-OH is 1. The second-order valence-electron chi connectivity index (χ2n) is 5.73. The molecule has 0 amide bonds. The Bertz CT molecular complexity index is 281. The van der Waals surface area contributed by atoms with Crippen LogP contribution in [-0.2, 0) is 4.79 Å². The minimum absolute atomic E-state index is 0.239. The summed E-state index contributed by atoms with van der Waals surface area (Å²) in [5, 5.41) is 8.96. The first-order chi connectivity index (χ1) is 8.04. The van der Waals surface area contributed by atoms with E-state index in [1.807, 2.05) is 13.0 Å². The molecule has 0 bridgehead atoms. The molecule has 0 saturated heterocycles. The Balaban J connectivity index is 2.33. The fourth-order valence-electron chi connectivity index (χ4n) is 2.59. The summed E-state index contributed by atoms with van der Waals surface area (Å²) >= 11 is 0. The zero-order chi connectivity index (χ0) is 12.8. The van der Waals surface area contributed by atoms with Gasteiger partial charge in [-0.15, -0.1) is 0 Å². The summed E-state index contributed by atoms with van der Waals surface area (Å²) in [5.74, 6) is 1.45. The normalized spacial score (nSPS) is 24.4. The number of aliphatic hydroxyl groups is 1. The molecule has 1 rings (SSSR count). The molecular weight excluding hydrogens is 212 g/mol. The molecule has 0 fully saturated rings. The summed E-state index contributed by atoms with van der Waals surface area (Å²) in [4.78, 5) is 11.9. The highest BCUT2D eigenvalue weighted by atomic mass is 16.3. The number of carbonyl (C=O) groups is 1. The zero-order valence-corrected chi connectivity index (χ0v) is 11.4. The first kappa shape index (κ1) is 14.4. The van der Waals surface area contributed by atoms with Gasteiger partial charge in [0.2, 0.25) is 0 Å². The van der Waals surface area contributed by atoms with Crippen molar-refractivity contribution in [2.75, 3.05) is 6.61 Å². The van der Waals surface area contributed by atoms with Crippen LogP contribution in [0.1, 0.15) is 52.9 Å². The van der Waals surface area contributed by atoms with Crippen LogP contribution in [0.5, 0.6) is 0 Å². The molecule has 0 aromatic heterocycles. The van der Waals surface area contributed by atoms with E-state index < -0.39 is 0 Å². The van der Waals surface area contributed by atoms with Crippen molar-refractivity contribution in [2.45, 2.75) is 52.9 Å². The highest BCUT2D eigenvalue weighted by Crippen LogP contribution is 2.29. The smallest absolute Gasteiger partial charge is 0.158 e. The molecular formula is C15H26O2. The Hall–Kier alpha value is -0.630. The number of carbonyl (C=O) groups excluding carboxylic acids is 1. The van der Waals surface area contributed by atoms with Gasteiger partial charge in [-0.1, -0.05) is 25.8 Å². The van der Waals surface area contributed by atoms with E-state index in [0.717, 1.165) is 32.1 Å². The van der Waals surface area contributed by atoms with Crippen molar-refractivity contribution in [3.05, 3.63) is 11.6 Å². The summed E-state index contributed by atoms with van der Waals surface area (Å²) in [6.07, 6.45) is 7.23. The summed E-state index contributed by atoms with van der Waals surface area (Å²) in [6.45, 7) is 6.59. The summed E-state index contributed by atoms with van der Waals surface area (Å²) in [5.41, 5.74) is 1.23. The minimum Gasteiger partial charge on any atom is -0.396 e. The highest BCUT2D eigenvalue weighted by Gasteiger charge is 2.26. The molecule has 1 N–H and O–H groups in total. The van der Waals surface area contributed by atoms with Crippen molar-refractivity contribution < 1.29 is 9.90 Å². The Morgan fingerprint density at radius 2 is 2.12 bits per heavy atom. The highest BCUT2D eigenvalue weighted by molar-refractivity contribution is 5.93. The molecule has 0 aromatic rings. The maximum absolute atomic E-state index is 11.9. The summed E-state index contributed by atoms with van der Waals surface area (Å²) in [7, 11) is 0. The van der Waals surface area contributed by atoms with Crippen LogP contribution >= 0.6 is 0 Å². The van der Waals surface area contributed by atoms with Gasteiger partial charge in [0, 0.05) is 12.5 Å². The van der Waals surface area contributed by atoms with E-state index in [1.165, 1.54) is 5.57 Å². The molecule has 17 heavy (non-hydrogen) atoms. The quantitative estimate of drug-likeness (QED) is 0.770. The molecule has 1 aliphatic rings. The monoisotopic (exact) mass is 238 g/mol. The van der Waals surface area contributed by atoms with Crippen molar-refractivity contribution in [2.24, 2.45) is 17.8 Å².